The lowest BCUT2D eigenvalue weighted by molar-refractivity contribution is -0.132. The number of hydrogen-bond donors (Lipinski definition) is 1. The van der Waals surface area contributed by atoms with Crippen LogP contribution >= 0.6 is 0 Å². The molecule has 0 bridgehead atoms. The fourth-order valence-corrected chi connectivity index (χ4v) is 3.24. The highest BCUT2D eigenvalue weighted by Crippen LogP contribution is 2.17. The lowest BCUT2D eigenvalue weighted by Gasteiger charge is -2.32. The van der Waals surface area contributed by atoms with Crippen LogP contribution in [-0.2, 0) is 17.6 Å². The van der Waals surface area contributed by atoms with Crippen molar-refractivity contribution >= 4 is 5.91 Å². The van der Waals surface area contributed by atoms with Gasteiger partial charge in [-0.15, -0.1) is 0 Å². The van der Waals surface area contributed by atoms with Gasteiger partial charge in [0.2, 0.25) is 5.91 Å². The summed E-state index contributed by atoms with van der Waals surface area (Å²) < 4.78 is 0. The van der Waals surface area contributed by atoms with Gasteiger partial charge in [0.1, 0.15) is 0 Å². The molecule has 1 unspecified atom stereocenters. The van der Waals surface area contributed by atoms with E-state index in [-0.39, 0.29) is 5.91 Å². The Bertz CT molecular complexity index is 453. The lowest BCUT2D eigenvalue weighted by atomic mass is 9.97. The molecule has 1 fully saturated rings. The van der Waals surface area contributed by atoms with Crippen molar-refractivity contribution in [3.05, 3.63) is 35.4 Å². The normalized spacial score (nSPS) is 18.5. The lowest BCUT2D eigenvalue weighted by Crippen LogP contribution is -2.43. The first-order valence-corrected chi connectivity index (χ1v) is 8.73. The van der Waals surface area contributed by atoms with E-state index in [1.165, 1.54) is 24.8 Å². The number of carbonyl (C=O) groups is 1. The predicted octanol–water partition coefficient (Wildman–Crippen LogP) is 3.03. The third-order valence-corrected chi connectivity index (χ3v) is 4.56. The van der Waals surface area contributed by atoms with Gasteiger partial charge in [-0.05, 0) is 56.3 Å². The van der Waals surface area contributed by atoms with E-state index >= 15 is 0 Å². The maximum Gasteiger partial charge on any atom is 0.226 e. The molecule has 1 aromatic carbocycles. The molecule has 122 valence electrons. The Morgan fingerprint density at radius 3 is 2.68 bits per heavy atom. The maximum atomic E-state index is 12.5. The van der Waals surface area contributed by atoms with E-state index in [2.05, 4.69) is 41.4 Å². The third kappa shape index (κ3) is 5.13. The summed E-state index contributed by atoms with van der Waals surface area (Å²) in [6.07, 6.45) is 6.51. The Kier molecular flexibility index (Phi) is 6.91. The number of benzene rings is 1. The number of aryl methyl sites for hydroxylation is 1. The monoisotopic (exact) mass is 302 g/mol. The number of rotatable bonds is 7. The van der Waals surface area contributed by atoms with Crippen molar-refractivity contribution in [3.8, 4) is 0 Å². The van der Waals surface area contributed by atoms with Gasteiger partial charge in [-0.1, -0.05) is 37.6 Å². The molecule has 1 N–H and O–H groups in total. The fourth-order valence-electron chi connectivity index (χ4n) is 3.24. The molecular weight excluding hydrogens is 272 g/mol. The SMILES string of the molecule is CCCCc1ccc(CC(=O)N2CCCC(CNC)C2)cc1. The smallest absolute Gasteiger partial charge is 0.226 e. The first-order valence-electron chi connectivity index (χ1n) is 8.73. The summed E-state index contributed by atoms with van der Waals surface area (Å²) in [6.45, 7) is 5.06. The molecule has 0 radical (unpaired) electrons. The molecule has 0 spiro atoms. The van der Waals surface area contributed by atoms with E-state index < -0.39 is 0 Å². The summed E-state index contributed by atoms with van der Waals surface area (Å²) in [5.41, 5.74) is 2.52. The van der Waals surface area contributed by atoms with Crippen LogP contribution in [0.3, 0.4) is 0 Å². The number of unbranched alkanes of at least 4 members (excludes halogenated alkanes) is 1. The average molecular weight is 302 g/mol. The molecule has 1 aromatic rings. The van der Waals surface area contributed by atoms with Crippen LogP contribution in [0, 0.1) is 5.92 Å². The van der Waals surface area contributed by atoms with E-state index in [1.807, 2.05) is 7.05 Å². The van der Waals surface area contributed by atoms with Gasteiger partial charge in [-0.25, -0.2) is 0 Å². The number of carbonyl (C=O) groups excluding carboxylic acids is 1. The van der Waals surface area contributed by atoms with Crippen LogP contribution in [0.15, 0.2) is 24.3 Å². The van der Waals surface area contributed by atoms with Crippen LogP contribution < -0.4 is 5.32 Å². The number of amides is 1. The number of nitrogens with one attached hydrogen (secondary N) is 1. The first-order chi connectivity index (χ1) is 10.7. The molecule has 0 aliphatic carbocycles. The highest BCUT2D eigenvalue weighted by molar-refractivity contribution is 5.78. The van der Waals surface area contributed by atoms with Crippen molar-refractivity contribution in [2.45, 2.75) is 45.4 Å². The largest absolute Gasteiger partial charge is 0.342 e. The molecule has 1 aliphatic heterocycles. The molecule has 3 nitrogen and oxygen atoms in total. The van der Waals surface area contributed by atoms with Crippen LogP contribution in [0.25, 0.3) is 0 Å². The molecule has 1 saturated heterocycles. The van der Waals surface area contributed by atoms with E-state index in [4.69, 9.17) is 0 Å². The molecule has 1 aliphatic rings. The summed E-state index contributed by atoms with van der Waals surface area (Å²) in [7, 11) is 1.99. The van der Waals surface area contributed by atoms with Crippen molar-refractivity contribution in [2.24, 2.45) is 5.92 Å². The summed E-state index contributed by atoms with van der Waals surface area (Å²) in [5, 5.41) is 3.23. The Balaban J connectivity index is 1.85. The van der Waals surface area contributed by atoms with Gasteiger partial charge in [0.25, 0.3) is 0 Å². The summed E-state index contributed by atoms with van der Waals surface area (Å²) in [4.78, 5) is 14.5. The zero-order valence-corrected chi connectivity index (χ0v) is 14.1. The second-order valence-electron chi connectivity index (χ2n) is 6.50. The van der Waals surface area contributed by atoms with Crippen LogP contribution in [0.2, 0.25) is 0 Å². The van der Waals surface area contributed by atoms with Crippen molar-refractivity contribution in [2.75, 3.05) is 26.7 Å². The van der Waals surface area contributed by atoms with Crippen molar-refractivity contribution in [1.82, 2.24) is 10.2 Å². The summed E-state index contributed by atoms with van der Waals surface area (Å²) in [6, 6.07) is 8.60. The van der Waals surface area contributed by atoms with Gasteiger partial charge in [-0.2, -0.15) is 0 Å². The third-order valence-electron chi connectivity index (χ3n) is 4.56. The van der Waals surface area contributed by atoms with Gasteiger partial charge in [0.15, 0.2) is 0 Å². The van der Waals surface area contributed by atoms with Crippen LogP contribution in [0.1, 0.15) is 43.7 Å². The number of likely N-dealkylation sites (tertiary alicyclic amines) is 1. The van der Waals surface area contributed by atoms with Crippen molar-refractivity contribution < 1.29 is 4.79 Å². The minimum atomic E-state index is 0.280. The fraction of sp³-hybridized carbons (Fsp3) is 0.632. The van der Waals surface area contributed by atoms with Gasteiger partial charge < -0.3 is 10.2 Å². The zero-order chi connectivity index (χ0) is 15.8. The predicted molar refractivity (Wildman–Crippen MR) is 92.0 cm³/mol. The molecule has 3 heteroatoms. The molecule has 1 amide bonds. The van der Waals surface area contributed by atoms with Crippen molar-refractivity contribution in [1.29, 1.82) is 0 Å². The summed E-state index contributed by atoms with van der Waals surface area (Å²) in [5.74, 6) is 0.890. The van der Waals surface area contributed by atoms with E-state index in [0.29, 0.717) is 12.3 Å². The number of nitrogens with zero attached hydrogens (tertiary/aromatic N) is 1. The Hall–Kier alpha value is -1.35. The van der Waals surface area contributed by atoms with Crippen LogP contribution in [0.4, 0.5) is 0 Å². The van der Waals surface area contributed by atoms with E-state index in [9.17, 15) is 4.79 Å². The molecule has 0 saturated carbocycles. The number of piperidine rings is 1. The zero-order valence-electron chi connectivity index (χ0n) is 14.1. The van der Waals surface area contributed by atoms with E-state index in [1.54, 1.807) is 0 Å². The van der Waals surface area contributed by atoms with Crippen molar-refractivity contribution in [3.63, 3.8) is 0 Å². The maximum absolute atomic E-state index is 12.5. The topological polar surface area (TPSA) is 32.3 Å². The molecule has 1 atom stereocenters. The van der Waals surface area contributed by atoms with Gasteiger partial charge in [0.05, 0.1) is 6.42 Å². The Morgan fingerprint density at radius 2 is 2.00 bits per heavy atom. The Morgan fingerprint density at radius 1 is 1.27 bits per heavy atom. The Labute approximate surface area is 135 Å². The first kappa shape index (κ1) is 17.0. The second kappa shape index (κ2) is 8.94. The molecule has 0 aromatic heterocycles. The van der Waals surface area contributed by atoms with E-state index in [0.717, 1.165) is 38.0 Å². The standard InChI is InChI=1S/C19H30N2O/c1-3-4-6-16-8-10-17(11-9-16)13-19(22)21-12-5-7-18(15-21)14-20-2/h8-11,18,20H,3-7,12-15H2,1-2H3. The van der Waals surface area contributed by atoms with Gasteiger partial charge in [0, 0.05) is 13.1 Å². The molecule has 1 heterocycles. The second-order valence-corrected chi connectivity index (χ2v) is 6.50. The molecule has 22 heavy (non-hydrogen) atoms. The van der Waals surface area contributed by atoms with Crippen LogP contribution in [0.5, 0.6) is 0 Å². The average Bonchev–Trinajstić information content (AvgIpc) is 2.55. The quantitative estimate of drug-likeness (QED) is 0.839. The number of hydrogen-bond acceptors (Lipinski definition) is 2. The van der Waals surface area contributed by atoms with Crippen LogP contribution in [-0.4, -0.2) is 37.5 Å². The molecular formula is C19H30N2O. The highest BCUT2D eigenvalue weighted by Gasteiger charge is 2.23. The highest BCUT2D eigenvalue weighted by atomic mass is 16.2. The minimum Gasteiger partial charge on any atom is -0.342 e. The minimum absolute atomic E-state index is 0.280. The molecule has 2 rings (SSSR count). The van der Waals surface area contributed by atoms with Gasteiger partial charge in [-0.3, -0.25) is 4.79 Å². The van der Waals surface area contributed by atoms with Gasteiger partial charge >= 0.3 is 0 Å². The summed E-state index contributed by atoms with van der Waals surface area (Å²) >= 11 is 0.